The van der Waals surface area contributed by atoms with Crippen LogP contribution in [0.15, 0.2) is 191 Å². The van der Waals surface area contributed by atoms with Crippen LogP contribution in [-0.2, 0) is 0 Å². The molecule has 0 bridgehead atoms. The van der Waals surface area contributed by atoms with Gasteiger partial charge in [0, 0.05) is 60.3 Å². The van der Waals surface area contributed by atoms with E-state index >= 15 is 0 Å². The molecule has 0 N–H and O–H groups in total. The first-order chi connectivity index (χ1) is 28.2. The molecule has 0 saturated carbocycles. The zero-order chi connectivity index (χ0) is 37.5. The van der Waals surface area contributed by atoms with E-state index in [9.17, 15) is 0 Å². The van der Waals surface area contributed by atoms with E-state index in [-0.39, 0.29) is 0 Å². The Kier molecular flexibility index (Phi) is 6.83. The van der Waals surface area contributed by atoms with Crippen molar-refractivity contribution in [2.24, 2.45) is 0 Å². The third kappa shape index (κ3) is 4.94. The fourth-order valence-electron chi connectivity index (χ4n) is 8.46. The molecule has 0 amide bonds. The second kappa shape index (κ2) is 12.3. The minimum Gasteiger partial charge on any atom is -0.456 e. The van der Waals surface area contributed by atoms with Gasteiger partial charge in [-0.3, -0.25) is 0 Å². The van der Waals surface area contributed by atoms with E-state index in [1.165, 1.54) is 10.8 Å². The molecule has 4 heterocycles. The molecule has 266 valence electrons. The highest BCUT2D eigenvalue weighted by Crippen LogP contribution is 2.43. The summed E-state index contributed by atoms with van der Waals surface area (Å²) in [7, 11) is 0. The van der Waals surface area contributed by atoms with Gasteiger partial charge >= 0.3 is 0 Å². The number of benzene rings is 8. The lowest BCUT2D eigenvalue weighted by molar-refractivity contribution is 0.669. The SMILES string of the molecule is c1ccc(-c2nc(-c3ccc4c(c3)oc3ccccc34)nc(-c3ccc4c(c3)oc3c(-c5cccc6c5c5ccccc5n6-c5ccccc5)cccc34)n2)cc1. The number of fused-ring (bicyclic) bond motifs is 9. The van der Waals surface area contributed by atoms with Crippen LogP contribution in [0.2, 0.25) is 0 Å². The molecular weight excluding hydrogens is 701 g/mol. The van der Waals surface area contributed by atoms with Crippen LogP contribution in [0.25, 0.3) is 117 Å². The molecule has 0 spiro atoms. The number of rotatable bonds is 5. The Bertz CT molecular complexity index is 3530. The molecule has 0 unspecified atom stereocenters. The van der Waals surface area contributed by atoms with E-state index in [0.717, 1.165) is 88.4 Å². The van der Waals surface area contributed by atoms with Gasteiger partial charge in [-0.05, 0) is 60.2 Å². The summed E-state index contributed by atoms with van der Waals surface area (Å²) in [6.07, 6.45) is 0. The van der Waals surface area contributed by atoms with Crippen molar-refractivity contribution < 1.29 is 8.83 Å². The normalized spacial score (nSPS) is 11.9. The van der Waals surface area contributed by atoms with E-state index in [1.54, 1.807) is 0 Å². The van der Waals surface area contributed by atoms with Gasteiger partial charge in [0.05, 0.1) is 11.0 Å². The lowest BCUT2D eigenvalue weighted by atomic mass is 9.97. The average Bonchev–Trinajstić information content (AvgIpc) is 3.96. The Morgan fingerprint density at radius 1 is 0.351 bits per heavy atom. The molecule has 8 aromatic carbocycles. The molecule has 6 nitrogen and oxygen atoms in total. The van der Waals surface area contributed by atoms with Crippen LogP contribution >= 0.6 is 0 Å². The second-order valence-corrected chi connectivity index (χ2v) is 14.4. The van der Waals surface area contributed by atoms with Crippen LogP contribution in [0.4, 0.5) is 0 Å². The van der Waals surface area contributed by atoms with Crippen molar-refractivity contribution in [2.75, 3.05) is 0 Å². The molecule has 0 fully saturated rings. The maximum Gasteiger partial charge on any atom is 0.164 e. The molecule has 0 aliphatic rings. The Balaban J connectivity index is 1.03. The summed E-state index contributed by atoms with van der Waals surface area (Å²) in [6, 6.07) is 62.7. The molecule has 0 radical (unpaired) electrons. The third-order valence-electron chi connectivity index (χ3n) is 11.1. The molecule has 0 atom stereocenters. The van der Waals surface area contributed by atoms with Gasteiger partial charge in [0.25, 0.3) is 0 Å². The van der Waals surface area contributed by atoms with Crippen LogP contribution in [0.3, 0.4) is 0 Å². The van der Waals surface area contributed by atoms with E-state index in [2.05, 4.69) is 132 Å². The van der Waals surface area contributed by atoms with E-state index in [1.807, 2.05) is 54.6 Å². The highest BCUT2D eigenvalue weighted by atomic mass is 16.3. The monoisotopic (exact) mass is 730 g/mol. The molecule has 12 rings (SSSR count). The summed E-state index contributed by atoms with van der Waals surface area (Å²) >= 11 is 0. The van der Waals surface area contributed by atoms with Crippen LogP contribution in [0.1, 0.15) is 0 Å². The molecule has 4 aromatic heterocycles. The highest BCUT2D eigenvalue weighted by molar-refractivity contribution is 6.19. The van der Waals surface area contributed by atoms with Crippen molar-refractivity contribution in [3.8, 4) is 51.0 Å². The number of hydrogen-bond donors (Lipinski definition) is 0. The molecule has 0 aliphatic carbocycles. The topological polar surface area (TPSA) is 69.9 Å². The Hall–Kier alpha value is -7.83. The van der Waals surface area contributed by atoms with Crippen LogP contribution in [0, 0.1) is 0 Å². The maximum atomic E-state index is 6.87. The van der Waals surface area contributed by atoms with E-state index in [4.69, 9.17) is 23.8 Å². The van der Waals surface area contributed by atoms with Gasteiger partial charge in [-0.2, -0.15) is 0 Å². The highest BCUT2D eigenvalue weighted by Gasteiger charge is 2.20. The molecule has 12 aromatic rings. The predicted octanol–water partition coefficient (Wildman–Crippen LogP) is 13.4. The van der Waals surface area contributed by atoms with Crippen LogP contribution in [0.5, 0.6) is 0 Å². The van der Waals surface area contributed by atoms with E-state index in [0.29, 0.717) is 17.5 Å². The summed E-state index contributed by atoms with van der Waals surface area (Å²) in [5, 5.41) is 6.61. The lowest BCUT2D eigenvalue weighted by Gasteiger charge is -2.09. The van der Waals surface area contributed by atoms with Gasteiger partial charge < -0.3 is 13.4 Å². The average molecular weight is 731 g/mol. The summed E-state index contributed by atoms with van der Waals surface area (Å²) in [5.41, 5.74) is 11.4. The Morgan fingerprint density at radius 2 is 0.895 bits per heavy atom. The molecule has 57 heavy (non-hydrogen) atoms. The molecule has 0 saturated heterocycles. The standard InChI is InChI=1S/C51H30N4O2/c1-3-13-31(14-4-1)49-52-50(32-25-27-36-35-17-8-10-24-44(35)56-45(36)29-32)54-51(53-49)33-26-28-37-39-20-11-21-40(48(39)57-46(37)30-33)38-19-12-23-43-47(38)41-18-7-9-22-42(41)55(43)34-15-5-2-6-16-34/h1-30H. The van der Waals surface area contributed by atoms with Crippen molar-refractivity contribution in [1.82, 2.24) is 19.5 Å². The van der Waals surface area contributed by atoms with E-state index < -0.39 is 0 Å². The zero-order valence-corrected chi connectivity index (χ0v) is 30.4. The Labute approximate surface area is 325 Å². The summed E-state index contributed by atoms with van der Waals surface area (Å²) < 4.78 is 15.5. The smallest absolute Gasteiger partial charge is 0.164 e. The minimum atomic E-state index is 0.560. The summed E-state index contributed by atoms with van der Waals surface area (Å²) in [4.78, 5) is 15.1. The number of para-hydroxylation sites is 4. The van der Waals surface area contributed by atoms with Gasteiger partial charge in [-0.15, -0.1) is 0 Å². The molecular formula is C51H30N4O2. The van der Waals surface area contributed by atoms with Gasteiger partial charge in [-0.1, -0.05) is 127 Å². The number of furan rings is 2. The Morgan fingerprint density at radius 3 is 1.67 bits per heavy atom. The largest absolute Gasteiger partial charge is 0.456 e. The van der Waals surface area contributed by atoms with Crippen molar-refractivity contribution in [3.63, 3.8) is 0 Å². The van der Waals surface area contributed by atoms with Crippen LogP contribution in [-0.4, -0.2) is 19.5 Å². The zero-order valence-electron chi connectivity index (χ0n) is 30.4. The van der Waals surface area contributed by atoms with Crippen LogP contribution < -0.4 is 0 Å². The first kappa shape index (κ1) is 31.5. The van der Waals surface area contributed by atoms with Crippen molar-refractivity contribution in [3.05, 3.63) is 182 Å². The fraction of sp³-hybridized carbons (Fsp3) is 0. The van der Waals surface area contributed by atoms with Crippen molar-refractivity contribution in [1.29, 1.82) is 0 Å². The second-order valence-electron chi connectivity index (χ2n) is 14.4. The first-order valence-corrected chi connectivity index (χ1v) is 19.0. The third-order valence-corrected chi connectivity index (χ3v) is 11.1. The summed E-state index contributed by atoms with van der Waals surface area (Å²) in [6.45, 7) is 0. The van der Waals surface area contributed by atoms with Crippen molar-refractivity contribution in [2.45, 2.75) is 0 Å². The van der Waals surface area contributed by atoms with Gasteiger partial charge in [-0.25, -0.2) is 15.0 Å². The number of hydrogen-bond acceptors (Lipinski definition) is 5. The lowest BCUT2D eigenvalue weighted by Crippen LogP contribution is -2.00. The van der Waals surface area contributed by atoms with Gasteiger partial charge in [0.15, 0.2) is 17.5 Å². The first-order valence-electron chi connectivity index (χ1n) is 19.0. The number of nitrogens with zero attached hydrogens (tertiary/aromatic N) is 4. The maximum absolute atomic E-state index is 6.87. The van der Waals surface area contributed by atoms with Gasteiger partial charge in [0.1, 0.15) is 22.3 Å². The summed E-state index contributed by atoms with van der Waals surface area (Å²) in [5.74, 6) is 1.72. The molecule has 6 heteroatoms. The number of aromatic nitrogens is 4. The van der Waals surface area contributed by atoms with Gasteiger partial charge in [0.2, 0.25) is 0 Å². The van der Waals surface area contributed by atoms with Crippen molar-refractivity contribution >= 4 is 65.7 Å². The fourth-order valence-corrected chi connectivity index (χ4v) is 8.46. The molecule has 0 aliphatic heterocycles. The predicted molar refractivity (Wildman–Crippen MR) is 230 cm³/mol. The quantitative estimate of drug-likeness (QED) is 0.176. The minimum absolute atomic E-state index is 0.560.